The molecule has 0 unspecified atom stereocenters. The maximum atomic E-state index is 13.1. The van der Waals surface area contributed by atoms with Crippen LogP contribution in [0.25, 0.3) is 11.0 Å². The van der Waals surface area contributed by atoms with Crippen molar-refractivity contribution in [2.45, 2.75) is 10.9 Å². The first-order valence-electron chi connectivity index (χ1n) is 5.84. The predicted molar refractivity (Wildman–Crippen MR) is 72.0 cm³/mol. The first kappa shape index (κ1) is 13.1. The number of rotatable bonds is 3. The van der Waals surface area contributed by atoms with Crippen molar-refractivity contribution in [3.63, 3.8) is 0 Å². The summed E-state index contributed by atoms with van der Waals surface area (Å²) in [7, 11) is 0. The van der Waals surface area contributed by atoms with Crippen molar-refractivity contribution in [1.82, 2.24) is 9.97 Å². The summed E-state index contributed by atoms with van der Waals surface area (Å²) < 4.78 is 39.0. The van der Waals surface area contributed by atoms with Gasteiger partial charge in [-0.1, -0.05) is 23.9 Å². The van der Waals surface area contributed by atoms with Gasteiger partial charge in [0.05, 0.1) is 11.0 Å². The summed E-state index contributed by atoms with van der Waals surface area (Å²) in [6.45, 7) is 0. The van der Waals surface area contributed by atoms with Gasteiger partial charge in [-0.05, 0) is 29.8 Å². The molecule has 0 atom stereocenters. The van der Waals surface area contributed by atoms with Crippen LogP contribution in [-0.4, -0.2) is 9.97 Å². The molecule has 0 aliphatic carbocycles. The average molecular weight is 294 g/mol. The van der Waals surface area contributed by atoms with Gasteiger partial charge in [0.25, 0.3) is 0 Å². The predicted octanol–water partition coefficient (Wildman–Crippen LogP) is 4.27. The standard InChI is InChI=1S/C14H9F3N2S/c15-9-5-8(6-10(16)13(9)17)7-20-14-18-11-3-1-2-4-12(11)19-14/h1-6H,7H2,(H,18,19). The Kier molecular flexibility index (Phi) is 3.40. The largest absolute Gasteiger partial charge is 0.333 e. The number of aromatic amines is 1. The molecule has 0 radical (unpaired) electrons. The number of benzene rings is 2. The van der Waals surface area contributed by atoms with Crippen LogP contribution in [0.2, 0.25) is 0 Å². The number of nitrogens with zero attached hydrogens (tertiary/aromatic N) is 1. The number of aromatic nitrogens is 2. The highest BCUT2D eigenvalue weighted by Crippen LogP contribution is 2.24. The minimum atomic E-state index is -1.44. The number of fused-ring (bicyclic) bond motifs is 1. The Labute approximate surface area is 117 Å². The lowest BCUT2D eigenvalue weighted by atomic mass is 10.2. The smallest absolute Gasteiger partial charge is 0.194 e. The monoisotopic (exact) mass is 294 g/mol. The van der Waals surface area contributed by atoms with E-state index in [0.29, 0.717) is 16.5 Å². The van der Waals surface area contributed by atoms with Gasteiger partial charge >= 0.3 is 0 Å². The summed E-state index contributed by atoms with van der Waals surface area (Å²) in [5.74, 6) is -3.49. The average Bonchev–Trinajstić information content (AvgIpc) is 2.85. The number of halogens is 3. The van der Waals surface area contributed by atoms with Gasteiger partial charge in [0.2, 0.25) is 0 Å². The molecule has 0 fully saturated rings. The molecule has 3 aromatic rings. The molecule has 2 aromatic carbocycles. The van der Waals surface area contributed by atoms with Crippen molar-refractivity contribution in [3.05, 3.63) is 59.4 Å². The molecule has 0 saturated heterocycles. The third-order valence-corrected chi connectivity index (χ3v) is 3.73. The summed E-state index contributed by atoms with van der Waals surface area (Å²) >= 11 is 1.30. The molecule has 6 heteroatoms. The van der Waals surface area contributed by atoms with Gasteiger partial charge in [-0.3, -0.25) is 0 Å². The van der Waals surface area contributed by atoms with E-state index in [4.69, 9.17) is 0 Å². The lowest BCUT2D eigenvalue weighted by Crippen LogP contribution is -1.93. The third kappa shape index (κ3) is 2.51. The number of hydrogen-bond donors (Lipinski definition) is 1. The Morgan fingerprint density at radius 3 is 2.45 bits per heavy atom. The zero-order valence-corrected chi connectivity index (χ0v) is 11.0. The van der Waals surface area contributed by atoms with Crippen LogP contribution in [0, 0.1) is 17.5 Å². The van der Waals surface area contributed by atoms with E-state index >= 15 is 0 Å². The molecule has 0 spiro atoms. The number of nitrogens with one attached hydrogen (secondary N) is 1. The molecular weight excluding hydrogens is 285 g/mol. The Bertz CT molecular complexity index is 714. The topological polar surface area (TPSA) is 28.7 Å². The molecular formula is C14H9F3N2S. The Morgan fingerprint density at radius 2 is 1.75 bits per heavy atom. The van der Waals surface area contributed by atoms with Gasteiger partial charge < -0.3 is 4.98 Å². The van der Waals surface area contributed by atoms with Crippen LogP contribution in [0.3, 0.4) is 0 Å². The van der Waals surface area contributed by atoms with E-state index in [1.807, 2.05) is 24.3 Å². The number of thioether (sulfide) groups is 1. The quantitative estimate of drug-likeness (QED) is 0.577. The second kappa shape index (κ2) is 5.20. The van der Waals surface area contributed by atoms with Crippen molar-refractivity contribution >= 4 is 22.8 Å². The number of imidazole rings is 1. The molecule has 20 heavy (non-hydrogen) atoms. The third-order valence-electron chi connectivity index (χ3n) is 2.79. The van der Waals surface area contributed by atoms with E-state index in [2.05, 4.69) is 9.97 Å². The van der Waals surface area contributed by atoms with Crippen LogP contribution in [0.1, 0.15) is 5.56 Å². The zero-order valence-electron chi connectivity index (χ0n) is 10.2. The van der Waals surface area contributed by atoms with E-state index in [1.165, 1.54) is 11.8 Å². The van der Waals surface area contributed by atoms with Gasteiger partial charge in [-0.25, -0.2) is 18.2 Å². The summed E-state index contributed by atoms with van der Waals surface area (Å²) in [5.41, 5.74) is 2.09. The summed E-state index contributed by atoms with van der Waals surface area (Å²) in [5, 5.41) is 0.649. The first-order valence-corrected chi connectivity index (χ1v) is 6.83. The molecule has 0 saturated carbocycles. The van der Waals surface area contributed by atoms with Gasteiger partial charge in [0, 0.05) is 5.75 Å². The Hall–Kier alpha value is -1.95. The fourth-order valence-electron chi connectivity index (χ4n) is 1.84. The molecule has 2 nitrogen and oxygen atoms in total. The van der Waals surface area contributed by atoms with Gasteiger partial charge in [-0.2, -0.15) is 0 Å². The first-order chi connectivity index (χ1) is 9.63. The summed E-state index contributed by atoms with van der Waals surface area (Å²) in [6.07, 6.45) is 0. The normalized spacial score (nSPS) is 11.2. The highest BCUT2D eigenvalue weighted by molar-refractivity contribution is 7.98. The van der Waals surface area contributed by atoms with Gasteiger partial charge in [-0.15, -0.1) is 0 Å². The number of hydrogen-bond acceptors (Lipinski definition) is 2. The second-order valence-electron chi connectivity index (χ2n) is 4.22. The molecule has 0 aliphatic rings. The van der Waals surface area contributed by atoms with Crippen molar-refractivity contribution in [2.75, 3.05) is 0 Å². The highest BCUT2D eigenvalue weighted by Gasteiger charge is 2.11. The van der Waals surface area contributed by atoms with Crippen LogP contribution in [0.5, 0.6) is 0 Å². The fourth-order valence-corrected chi connectivity index (χ4v) is 2.66. The lowest BCUT2D eigenvalue weighted by Gasteiger charge is -2.01. The lowest BCUT2D eigenvalue weighted by molar-refractivity contribution is 0.446. The Morgan fingerprint density at radius 1 is 1.05 bits per heavy atom. The Balaban J connectivity index is 1.79. The van der Waals surface area contributed by atoms with Crippen molar-refractivity contribution in [2.24, 2.45) is 0 Å². The van der Waals surface area contributed by atoms with Crippen LogP contribution >= 0.6 is 11.8 Å². The van der Waals surface area contributed by atoms with Crippen molar-refractivity contribution < 1.29 is 13.2 Å². The van der Waals surface area contributed by atoms with Crippen LogP contribution < -0.4 is 0 Å². The van der Waals surface area contributed by atoms with Crippen LogP contribution in [-0.2, 0) is 5.75 Å². The molecule has 102 valence electrons. The van der Waals surface area contributed by atoms with E-state index in [-0.39, 0.29) is 0 Å². The molecule has 1 aromatic heterocycles. The molecule has 3 rings (SSSR count). The summed E-state index contributed by atoms with van der Waals surface area (Å²) in [4.78, 5) is 7.43. The molecule has 0 amide bonds. The second-order valence-corrected chi connectivity index (χ2v) is 5.19. The summed E-state index contributed by atoms with van der Waals surface area (Å²) in [6, 6.07) is 9.51. The molecule has 0 bridgehead atoms. The van der Waals surface area contributed by atoms with E-state index in [9.17, 15) is 13.2 Å². The maximum Gasteiger partial charge on any atom is 0.194 e. The van der Waals surface area contributed by atoms with E-state index < -0.39 is 17.5 Å². The van der Waals surface area contributed by atoms with Crippen molar-refractivity contribution in [3.8, 4) is 0 Å². The number of H-pyrrole nitrogens is 1. The SMILES string of the molecule is Fc1cc(CSc2nc3ccccc3[nH]2)cc(F)c1F. The van der Waals surface area contributed by atoms with Crippen LogP contribution in [0.15, 0.2) is 41.6 Å². The molecule has 0 aliphatic heterocycles. The van der Waals surface area contributed by atoms with Gasteiger partial charge in [0.1, 0.15) is 0 Å². The zero-order chi connectivity index (χ0) is 14.1. The number of para-hydroxylation sites is 2. The fraction of sp³-hybridized carbons (Fsp3) is 0.0714. The molecule has 1 N–H and O–H groups in total. The van der Waals surface area contributed by atoms with Gasteiger partial charge in [0.15, 0.2) is 22.6 Å². The van der Waals surface area contributed by atoms with Crippen molar-refractivity contribution in [1.29, 1.82) is 0 Å². The van der Waals surface area contributed by atoms with Crippen LogP contribution in [0.4, 0.5) is 13.2 Å². The molecule has 1 heterocycles. The minimum Gasteiger partial charge on any atom is -0.333 e. The highest BCUT2D eigenvalue weighted by atomic mass is 32.2. The van der Waals surface area contributed by atoms with E-state index in [1.54, 1.807) is 0 Å². The maximum absolute atomic E-state index is 13.1. The minimum absolute atomic E-state index is 0.300. The van der Waals surface area contributed by atoms with E-state index in [0.717, 1.165) is 23.2 Å².